The Labute approximate surface area is 80.9 Å². The van der Waals surface area contributed by atoms with Crippen LogP contribution >= 0.6 is 31.6 Å². The van der Waals surface area contributed by atoms with E-state index >= 15 is 0 Å². The van der Waals surface area contributed by atoms with E-state index in [0.717, 1.165) is 0 Å². The second-order valence-electron chi connectivity index (χ2n) is 1.12. The first-order valence-corrected chi connectivity index (χ1v) is 10.7. The molecular formula is C3H8Cl2N2OSZn. The normalized spacial score (nSPS) is 6.70. The van der Waals surface area contributed by atoms with E-state index < -0.39 is 15.1 Å². The van der Waals surface area contributed by atoms with Gasteiger partial charge in [-0.05, 0) is 12.2 Å². The van der Waals surface area contributed by atoms with Crippen molar-refractivity contribution in [3.63, 3.8) is 0 Å². The summed E-state index contributed by atoms with van der Waals surface area (Å²) in [6.45, 7) is 0.507. The molecule has 0 spiro atoms. The van der Waals surface area contributed by atoms with Crippen molar-refractivity contribution in [1.29, 1.82) is 0 Å². The number of nitrogens with two attached hydrogens (primary N) is 1. The monoisotopic (exact) mass is 254 g/mol. The van der Waals surface area contributed by atoms with Crippen molar-refractivity contribution < 1.29 is 20.3 Å². The Balaban J connectivity index is 0. The third kappa shape index (κ3) is 23.2. The zero-order valence-electron chi connectivity index (χ0n) is 5.31. The second-order valence-corrected chi connectivity index (χ2v) is 6.18. The molecule has 0 saturated heterocycles. The van der Waals surface area contributed by atoms with Crippen LogP contribution in [-0.4, -0.2) is 23.4 Å². The van der Waals surface area contributed by atoms with Gasteiger partial charge in [0.2, 0.25) is 0 Å². The first-order chi connectivity index (χ1) is 4.68. The summed E-state index contributed by atoms with van der Waals surface area (Å²) in [6, 6.07) is 0. The van der Waals surface area contributed by atoms with Crippen LogP contribution in [0.4, 0.5) is 0 Å². The Morgan fingerprint density at radius 2 is 2.10 bits per heavy atom. The van der Waals surface area contributed by atoms with Gasteiger partial charge in [0, 0.05) is 6.54 Å². The van der Waals surface area contributed by atoms with Gasteiger partial charge in [-0.15, -0.1) is 0 Å². The fraction of sp³-hybridized carbons (Fsp3) is 0.667. The van der Waals surface area contributed by atoms with E-state index in [9.17, 15) is 0 Å². The average molecular weight is 256 g/mol. The number of hydrogen-bond acceptors (Lipinski definition) is 2. The molecule has 0 aliphatic rings. The van der Waals surface area contributed by atoms with E-state index in [1.54, 1.807) is 0 Å². The van der Waals surface area contributed by atoms with E-state index in [1.807, 2.05) is 0 Å². The van der Waals surface area contributed by atoms with Gasteiger partial charge in [-0.1, -0.05) is 0 Å². The number of halogens is 2. The van der Waals surface area contributed by atoms with E-state index in [4.69, 9.17) is 30.2 Å². The van der Waals surface area contributed by atoms with E-state index in [-0.39, 0.29) is 11.7 Å². The molecule has 0 aromatic rings. The molecule has 7 heteroatoms. The standard InChI is InChI=1S/C3H8N2OS.2ClH.Zn/c4-3(7)5-1-2-6;;;/h6H,1-2H2,(H3,4,5,7);2*1H;/q;;;+2/p-2. The molecule has 3 nitrogen and oxygen atoms in total. The molecule has 0 amide bonds. The van der Waals surface area contributed by atoms with Crippen molar-refractivity contribution in [3.05, 3.63) is 0 Å². The minimum absolute atomic E-state index is 0.0668. The Morgan fingerprint density at radius 1 is 1.70 bits per heavy atom. The summed E-state index contributed by atoms with van der Waals surface area (Å²) < 4.78 is 0. The van der Waals surface area contributed by atoms with Gasteiger partial charge >= 0.3 is 34.5 Å². The van der Waals surface area contributed by atoms with E-state index in [0.29, 0.717) is 6.54 Å². The quantitative estimate of drug-likeness (QED) is 0.488. The molecule has 0 atom stereocenters. The van der Waals surface area contributed by atoms with Crippen molar-refractivity contribution in [1.82, 2.24) is 5.32 Å². The van der Waals surface area contributed by atoms with Crippen LogP contribution in [0, 0.1) is 0 Å². The van der Waals surface area contributed by atoms with Crippen molar-refractivity contribution in [2.24, 2.45) is 5.73 Å². The van der Waals surface area contributed by atoms with Crippen molar-refractivity contribution in [2.45, 2.75) is 0 Å². The molecule has 4 N–H and O–H groups in total. The molecule has 0 aliphatic heterocycles. The Hall–Kier alpha value is 0.853. The second kappa shape index (κ2) is 12.5. The zero-order valence-corrected chi connectivity index (χ0v) is 10.6. The van der Waals surface area contributed by atoms with Crippen LogP contribution in [0.3, 0.4) is 0 Å². The van der Waals surface area contributed by atoms with Crippen LogP contribution in [0.5, 0.6) is 0 Å². The zero-order chi connectivity index (χ0) is 8.41. The van der Waals surface area contributed by atoms with Crippen molar-refractivity contribution in [2.75, 3.05) is 13.2 Å². The molecule has 0 saturated carbocycles. The molecule has 0 aromatic carbocycles. The number of aliphatic hydroxyl groups is 1. The molecule has 10 heavy (non-hydrogen) atoms. The van der Waals surface area contributed by atoms with Gasteiger partial charge < -0.3 is 16.2 Å². The molecule has 0 unspecified atom stereocenters. The summed E-state index contributed by atoms with van der Waals surface area (Å²) in [4.78, 5) is 0. The van der Waals surface area contributed by atoms with Crippen LogP contribution in [0.2, 0.25) is 0 Å². The van der Waals surface area contributed by atoms with Crippen LogP contribution in [0.15, 0.2) is 0 Å². The van der Waals surface area contributed by atoms with Crippen molar-refractivity contribution >= 4 is 36.7 Å². The fourth-order valence-corrected chi connectivity index (χ4v) is 0.281. The molecule has 0 fully saturated rings. The first-order valence-electron chi connectivity index (χ1n) is 2.45. The summed E-state index contributed by atoms with van der Waals surface area (Å²) in [7, 11) is 9.90. The number of nitrogens with one attached hydrogen (secondary N) is 1. The van der Waals surface area contributed by atoms with Gasteiger partial charge in [0.05, 0.1) is 6.61 Å². The van der Waals surface area contributed by atoms with Gasteiger partial charge in [-0.3, -0.25) is 0 Å². The Bertz CT molecular complexity index is 86.9. The summed E-state index contributed by atoms with van der Waals surface area (Å²) in [6.07, 6.45) is 0. The predicted octanol–water partition coefficient (Wildman–Crippen LogP) is 0.188. The SMILES string of the molecule is NC(=S)NCCO.[Cl][Zn][Cl]. The number of hydrogen-bond donors (Lipinski definition) is 3. The number of aliphatic hydroxyl groups excluding tert-OH is 1. The first kappa shape index (κ1) is 13.4. The molecule has 0 aliphatic carbocycles. The number of thiocarbonyl (C=S) groups is 1. The Morgan fingerprint density at radius 3 is 2.20 bits per heavy atom. The molecule has 0 rings (SSSR count). The molecular weight excluding hydrogens is 248 g/mol. The number of rotatable bonds is 2. The fourth-order valence-electron chi connectivity index (χ4n) is 0.179. The van der Waals surface area contributed by atoms with Gasteiger partial charge in [-0.2, -0.15) is 0 Å². The van der Waals surface area contributed by atoms with Crippen LogP contribution in [0.1, 0.15) is 0 Å². The van der Waals surface area contributed by atoms with E-state index in [2.05, 4.69) is 17.5 Å². The van der Waals surface area contributed by atoms with Crippen LogP contribution in [-0.2, 0) is 15.1 Å². The molecule has 0 radical (unpaired) electrons. The summed E-state index contributed by atoms with van der Waals surface area (Å²) in [5.41, 5.74) is 4.99. The van der Waals surface area contributed by atoms with Gasteiger partial charge in [0.25, 0.3) is 0 Å². The third-order valence-electron chi connectivity index (χ3n) is 0.411. The summed E-state index contributed by atoms with van der Waals surface area (Å²) in [5.74, 6) is 0. The third-order valence-corrected chi connectivity index (χ3v) is 0.555. The average Bonchev–Trinajstić information content (AvgIpc) is 1.85. The maximum absolute atomic E-state index is 8.14. The maximum atomic E-state index is 8.14. The van der Waals surface area contributed by atoms with Gasteiger partial charge in [0.15, 0.2) is 5.11 Å². The molecule has 0 heterocycles. The minimum atomic E-state index is -0.931. The van der Waals surface area contributed by atoms with Crippen LogP contribution in [0.25, 0.3) is 0 Å². The van der Waals surface area contributed by atoms with Gasteiger partial charge in [0.1, 0.15) is 0 Å². The Kier molecular flexibility index (Phi) is 16.8. The molecule has 0 bridgehead atoms. The van der Waals surface area contributed by atoms with Gasteiger partial charge in [-0.25, -0.2) is 0 Å². The summed E-state index contributed by atoms with van der Waals surface area (Å²) in [5, 5.41) is 10.9. The van der Waals surface area contributed by atoms with Crippen LogP contribution < -0.4 is 11.1 Å². The predicted molar refractivity (Wildman–Crippen MR) is 43.6 cm³/mol. The van der Waals surface area contributed by atoms with Crippen molar-refractivity contribution in [3.8, 4) is 0 Å². The summed E-state index contributed by atoms with van der Waals surface area (Å²) >= 11 is 3.49. The molecule has 58 valence electrons. The molecule has 0 aromatic heterocycles. The topological polar surface area (TPSA) is 58.3 Å². The van der Waals surface area contributed by atoms with E-state index in [1.165, 1.54) is 0 Å².